The number of piperidine rings is 1. The summed E-state index contributed by atoms with van der Waals surface area (Å²) in [6.45, 7) is 5.74. The lowest BCUT2D eigenvalue weighted by molar-refractivity contribution is -0.133. The van der Waals surface area contributed by atoms with E-state index in [0.29, 0.717) is 0 Å². The second kappa shape index (κ2) is 7.03. The van der Waals surface area contributed by atoms with Gasteiger partial charge in [0, 0.05) is 6.54 Å². The van der Waals surface area contributed by atoms with E-state index >= 15 is 0 Å². The van der Waals surface area contributed by atoms with E-state index in [1.54, 1.807) is 6.07 Å². The van der Waals surface area contributed by atoms with Crippen LogP contribution in [-0.4, -0.2) is 19.0 Å². The Labute approximate surface area is 126 Å². The zero-order valence-electron chi connectivity index (χ0n) is 12.9. The molecule has 4 heteroatoms. The maximum Gasteiger partial charge on any atom is 0.227 e. The van der Waals surface area contributed by atoms with E-state index in [0.717, 1.165) is 44.3 Å². The molecule has 2 N–H and O–H groups in total. The van der Waals surface area contributed by atoms with Gasteiger partial charge in [0.25, 0.3) is 0 Å². The fourth-order valence-corrected chi connectivity index (χ4v) is 3.18. The Bertz CT molecular complexity index is 478. The van der Waals surface area contributed by atoms with Crippen LogP contribution in [0.3, 0.4) is 0 Å². The summed E-state index contributed by atoms with van der Waals surface area (Å²) in [6.07, 6.45) is 3.84. The van der Waals surface area contributed by atoms with Gasteiger partial charge in [0.2, 0.25) is 5.91 Å². The van der Waals surface area contributed by atoms with Crippen LogP contribution in [0.25, 0.3) is 0 Å². The van der Waals surface area contributed by atoms with Crippen LogP contribution in [0.2, 0.25) is 0 Å². The quantitative estimate of drug-likeness (QED) is 0.875. The topological polar surface area (TPSA) is 41.1 Å². The highest BCUT2D eigenvalue weighted by molar-refractivity contribution is 5.83. The highest BCUT2D eigenvalue weighted by atomic mass is 19.1. The number of hydrogen-bond donors (Lipinski definition) is 2. The SMILES string of the molecule is CCCC1(C(=O)N[C@H](C)c2cccc(F)c2)CCCNC1. The summed E-state index contributed by atoms with van der Waals surface area (Å²) < 4.78 is 13.3. The summed E-state index contributed by atoms with van der Waals surface area (Å²) in [4.78, 5) is 12.7. The predicted molar refractivity (Wildman–Crippen MR) is 82.4 cm³/mol. The molecule has 0 radical (unpaired) electrons. The number of rotatable bonds is 5. The van der Waals surface area contributed by atoms with E-state index in [1.165, 1.54) is 12.1 Å². The van der Waals surface area contributed by atoms with Crippen molar-refractivity contribution in [2.45, 2.75) is 45.6 Å². The number of nitrogens with one attached hydrogen (secondary N) is 2. The molecule has 0 bridgehead atoms. The number of carbonyl (C=O) groups is 1. The van der Waals surface area contributed by atoms with Crippen LogP contribution in [0.5, 0.6) is 0 Å². The highest BCUT2D eigenvalue weighted by Crippen LogP contribution is 2.32. The van der Waals surface area contributed by atoms with Crippen LogP contribution < -0.4 is 10.6 Å². The van der Waals surface area contributed by atoms with E-state index in [9.17, 15) is 9.18 Å². The van der Waals surface area contributed by atoms with Crippen LogP contribution in [-0.2, 0) is 4.79 Å². The van der Waals surface area contributed by atoms with Crippen molar-refractivity contribution >= 4 is 5.91 Å². The molecular formula is C17H25FN2O. The minimum atomic E-state index is -0.311. The van der Waals surface area contributed by atoms with Gasteiger partial charge in [-0.05, 0) is 50.4 Å². The summed E-state index contributed by atoms with van der Waals surface area (Å²) in [5.74, 6) is -0.176. The molecule has 0 spiro atoms. The van der Waals surface area contributed by atoms with Crippen LogP contribution in [0.1, 0.15) is 51.1 Å². The fourth-order valence-electron chi connectivity index (χ4n) is 3.18. The zero-order chi connectivity index (χ0) is 15.3. The first kappa shape index (κ1) is 16.0. The molecule has 21 heavy (non-hydrogen) atoms. The molecule has 1 aromatic rings. The molecule has 0 aliphatic carbocycles. The first-order chi connectivity index (χ1) is 10.1. The summed E-state index contributed by atoms with van der Waals surface area (Å²) in [5.41, 5.74) is 0.493. The Hall–Kier alpha value is -1.42. The molecule has 3 nitrogen and oxygen atoms in total. The van der Waals surface area contributed by atoms with E-state index in [4.69, 9.17) is 0 Å². The van der Waals surface area contributed by atoms with Crippen molar-refractivity contribution < 1.29 is 9.18 Å². The van der Waals surface area contributed by atoms with Gasteiger partial charge in [-0.3, -0.25) is 4.79 Å². The van der Waals surface area contributed by atoms with E-state index in [1.807, 2.05) is 13.0 Å². The summed E-state index contributed by atoms with van der Waals surface area (Å²) in [6, 6.07) is 6.25. The molecule has 1 fully saturated rings. The number of amides is 1. The zero-order valence-corrected chi connectivity index (χ0v) is 12.9. The van der Waals surface area contributed by atoms with Crippen molar-refractivity contribution in [3.8, 4) is 0 Å². The second-order valence-corrected chi connectivity index (χ2v) is 6.06. The van der Waals surface area contributed by atoms with Crippen molar-refractivity contribution in [2.24, 2.45) is 5.41 Å². The van der Waals surface area contributed by atoms with Gasteiger partial charge in [0.05, 0.1) is 11.5 Å². The number of benzene rings is 1. The van der Waals surface area contributed by atoms with Gasteiger partial charge in [0.1, 0.15) is 5.82 Å². The molecular weight excluding hydrogens is 267 g/mol. The van der Waals surface area contributed by atoms with Gasteiger partial charge >= 0.3 is 0 Å². The summed E-state index contributed by atoms with van der Waals surface area (Å²) in [5, 5.41) is 6.42. The lowest BCUT2D eigenvalue weighted by Gasteiger charge is -2.37. The Balaban J connectivity index is 2.07. The molecule has 1 amide bonds. The molecule has 116 valence electrons. The molecule has 1 saturated heterocycles. The third-order valence-electron chi connectivity index (χ3n) is 4.38. The smallest absolute Gasteiger partial charge is 0.227 e. The lowest BCUT2D eigenvalue weighted by atomic mass is 9.76. The number of halogens is 1. The lowest BCUT2D eigenvalue weighted by Crippen LogP contribution is -2.50. The van der Waals surface area contributed by atoms with E-state index in [2.05, 4.69) is 17.6 Å². The molecule has 1 aliphatic heterocycles. The minimum absolute atomic E-state index is 0.0910. The van der Waals surface area contributed by atoms with Crippen molar-refractivity contribution in [1.29, 1.82) is 0 Å². The van der Waals surface area contributed by atoms with Crippen molar-refractivity contribution in [3.05, 3.63) is 35.6 Å². The Morgan fingerprint density at radius 1 is 1.52 bits per heavy atom. The maximum absolute atomic E-state index is 13.3. The molecule has 2 rings (SSSR count). The Kier molecular flexibility index (Phi) is 5.34. The Morgan fingerprint density at radius 2 is 2.33 bits per heavy atom. The van der Waals surface area contributed by atoms with Crippen LogP contribution in [0.15, 0.2) is 24.3 Å². The fraction of sp³-hybridized carbons (Fsp3) is 0.588. The minimum Gasteiger partial charge on any atom is -0.349 e. The average molecular weight is 292 g/mol. The Morgan fingerprint density at radius 3 is 2.95 bits per heavy atom. The third-order valence-corrected chi connectivity index (χ3v) is 4.38. The van der Waals surface area contributed by atoms with Gasteiger partial charge in [-0.15, -0.1) is 0 Å². The van der Waals surface area contributed by atoms with Crippen LogP contribution in [0, 0.1) is 11.2 Å². The monoisotopic (exact) mass is 292 g/mol. The number of carbonyl (C=O) groups excluding carboxylic acids is 1. The van der Waals surface area contributed by atoms with Crippen molar-refractivity contribution in [3.63, 3.8) is 0 Å². The molecule has 2 atom stereocenters. The normalized spacial score (nSPS) is 23.6. The molecule has 1 aliphatic rings. The largest absolute Gasteiger partial charge is 0.349 e. The maximum atomic E-state index is 13.3. The van der Waals surface area contributed by atoms with Crippen molar-refractivity contribution in [1.82, 2.24) is 10.6 Å². The molecule has 0 aromatic heterocycles. The predicted octanol–water partition coefficient (Wildman–Crippen LogP) is 3.17. The standard InChI is InChI=1S/C17H25FN2O/c1-3-8-17(9-5-10-19-12-17)16(21)20-13(2)14-6-4-7-15(18)11-14/h4,6-7,11,13,19H,3,5,8-10,12H2,1-2H3,(H,20,21)/t13-,17?/m1/s1. The summed E-state index contributed by atoms with van der Waals surface area (Å²) in [7, 11) is 0. The van der Waals surface area contributed by atoms with Gasteiger partial charge < -0.3 is 10.6 Å². The average Bonchev–Trinajstić information content (AvgIpc) is 2.48. The van der Waals surface area contributed by atoms with E-state index < -0.39 is 0 Å². The highest BCUT2D eigenvalue weighted by Gasteiger charge is 2.39. The molecule has 1 unspecified atom stereocenters. The first-order valence-corrected chi connectivity index (χ1v) is 7.84. The van der Waals surface area contributed by atoms with Gasteiger partial charge in [-0.25, -0.2) is 4.39 Å². The van der Waals surface area contributed by atoms with Gasteiger partial charge in [0.15, 0.2) is 0 Å². The van der Waals surface area contributed by atoms with Gasteiger partial charge in [-0.1, -0.05) is 25.5 Å². The third kappa shape index (κ3) is 3.82. The molecule has 1 aromatic carbocycles. The van der Waals surface area contributed by atoms with Crippen LogP contribution >= 0.6 is 0 Å². The second-order valence-electron chi connectivity index (χ2n) is 6.06. The van der Waals surface area contributed by atoms with Crippen molar-refractivity contribution in [2.75, 3.05) is 13.1 Å². The number of hydrogen-bond acceptors (Lipinski definition) is 2. The van der Waals surface area contributed by atoms with Crippen LogP contribution in [0.4, 0.5) is 4.39 Å². The molecule has 0 saturated carbocycles. The van der Waals surface area contributed by atoms with Gasteiger partial charge in [-0.2, -0.15) is 0 Å². The summed E-state index contributed by atoms with van der Waals surface area (Å²) >= 11 is 0. The first-order valence-electron chi connectivity index (χ1n) is 7.84. The van der Waals surface area contributed by atoms with E-state index in [-0.39, 0.29) is 23.2 Å². The molecule has 1 heterocycles.